The third-order valence-corrected chi connectivity index (χ3v) is 4.77. The van der Waals surface area contributed by atoms with Gasteiger partial charge in [0.15, 0.2) is 11.6 Å². The number of hydrogen-bond donors (Lipinski definition) is 0. The summed E-state index contributed by atoms with van der Waals surface area (Å²) >= 11 is 3.51. The van der Waals surface area contributed by atoms with Crippen molar-refractivity contribution in [1.29, 1.82) is 0 Å². The maximum Gasteiger partial charge on any atom is 0.168 e. The van der Waals surface area contributed by atoms with Crippen LogP contribution in [0.4, 0.5) is 0 Å². The van der Waals surface area contributed by atoms with Gasteiger partial charge in [0, 0.05) is 21.3 Å². The smallest absolute Gasteiger partial charge is 0.168 e. The van der Waals surface area contributed by atoms with Crippen LogP contribution in [0.2, 0.25) is 0 Å². The fourth-order valence-electron chi connectivity index (χ4n) is 3.00. The van der Waals surface area contributed by atoms with Gasteiger partial charge >= 0.3 is 0 Å². The van der Waals surface area contributed by atoms with Crippen molar-refractivity contribution in [3.05, 3.63) is 89.0 Å². The van der Waals surface area contributed by atoms with Gasteiger partial charge in [0.05, 0.1) is 0 Å². The van der Waals surface area contributed by atoms with Gasteiger partial charge in [-0.05, 0) is 43.5 Å². The molecule has 1 heterocycles. The summed E-state index contributed by atoms with van der Waals surface area (Å²) in [5, 5.41) is 9.06. The molecule has 0 saturated heterocycles. The average molecular weight is 392 g/mol. The zero-order valence-corrected chi connectivity index (χ0v) is 15.4. The molecule has 0 spiro atoms. The summed E-state index contributed by atoms with van der Waals surface area (Å²) in [5.41, 5.74) is 3.25. The first-order valence-corrected chi connectivity index (χ1v) is 9.24. The molecule has 25 heavy (non-hydrogen) atoms. The molecule has 1 aromatic heterocycles. The summed E-state index contributed by atoms with van der Waals surface area (Å²) in [4.78, 5) is 0. The molecule has 0 atom stereocenters. The quantitative estimate of drug-likeness (QED) is 0.675. The highest BCUT2D eigenvalue weighted by molar-refractivity contribution is 9.10. The van der Waals surface area contributed by atoms with Crippen LogP contribution < -0.4 is 0 Å². The molecule has 4 heteroatoms. The predicted molar refractivity (Wildman–Crippen MR) is 106 cm³/mol. The first-order chi connectivity index (χ1) is 12.3. The van der Waals surface area contributed by atoms with Gasteiger partial charge in [-0.3, -0.25) is 4.57 Å². The Morgan fingerprint density at radius 3 is 2.36 bits per heavy atom. The molecule has 0 aliphatic heterocycles. The van der Waals surface area contributed by atoms with Crippen LogP contribution in [0.15, 0.2) is 77.3 Å². The second-order valence-corrected chi connectivity index (χ2v) is 6.90. The summed E-state index contributed by atoms with van der Waals surface area (Å²) in [6, 6.07) is 8.27. The molecule has 0 radical (unpaired) electrons. The Hall–Kier alpha value is -2.46. The van der Waals surface area contributed by atoms with E-state index in [9.17, 15) is 0 Å². The molecule has 0 saturated carbocycles. The van der Waals surface area contributed by atoms with E-state index in [1.54, 1.807) is 0 Å². The highest BCUT2D eigenvalue weighted by Crippen LogP contribution is 2.28. The number of nitrogens with zero attached hydrogens (tertiary/aromatic N) is 3. The zero-order valence-electron chi connectivity index (χ0n) is 13.8. The molecule has 0 bridgehead atoms. The molecule has 2 aromatic rings. The Bertz CT molecular complexity index is 925. The lowest BCUT2D eigenvalue weighted by atomic mass is 10.1. The first-order valence-electron chi connectivity index (χ1n) is 8.45. The van der Waals surface area contributed by atoms with Gasteiger partial charge in [-0.2, -0.15) is 0 Å². The van der Waals surface area contributed by atoms with Crippen LogP contribution in [0.5, 0.6) is 0 Å². The maximum absolute atomic E-state index is 4.53. The van der Waals surface area contributed by atoms with E-state index >= 15 is 0 Å². The van der Waals surface area contributed by atoms with Crippen LogP contribution in [0.1, 0.15) is 30.9 Å². The van der Waals surface area contributed by atoms with Crippen molar-refractivity contribution in [3.8, 4) is 5.69 Å². The SMILES string of the molecule is Brc1ccc(-n2c(C3=CC=CCC=C3)nnc2C2=CCCC=C2)cc1. The summed E-state index contributed by atoms with van der Waals surface area (Å²) in [6.45, 7) is 0. The third-order valence-electron chi connectivity index (χ3n) is 4.24. The van der Waals surface area contributed by atoms with Gasteiger partial charge < -0.3 is 0 Å². The fourth-order valence-corrected chi connectivity index (χ4v) is 3.26. The van der Waals surface area contributed by atoms with Gasteiger partial charge in [0.1, 0.15) is 0 Å². The van der Waals surface area contributed by atoms with Crippen LogP contribution in [-0.4, -0.2) is 14.8 Å². The van der Waals surface area contributed by atoms with Crippen LogP contribution in [-0.2, 0) is 0 Å². The van der Waals surface area contributed by atoms with E-state index in [1.807, 2.05) is 12.1 Å². The fraction of sp³-hybridized carbons (Fsp3) is 0.143. The highest BCUT2D eigenvalue weighted by atomic mass is 79.9. The van der Waals surface area contributed by atoms with Gasteiger partial charge in [0.25, 0.3) is 0 Å². The minimum Gasteiger partial charge on any atom is -0.275 e. The molecule has 4 rings (SSSR count). The number of aromatic nitrogens is 3. The second-order valence-electron chi connectivity index (χ2n) is 5.99. The molecule has 0 amide bonds. The van der Waals surface area contributed by atoms with Crippen molar-refractivity contribution < 1.29 is 0 Å². The van der Waals surface area contributed by atoms with Crippen LogP contribution in [0.25, 0.3) is 16.8 Å². The zero-order chi connectivity index (χ0) is 17.1. The van der Waals surface area contributed by atoms with Crippen molar-refractivity contribution >= 4 is 27.1 Å². The van der Waals surface area contributed by atoms with E-state index in [0.29, 0.717) is 0 Å². The van der Waals surface area contributed by atoms with E-state index in [4.69, 9.17) is 0 Å². The first kappa shape index (κ1) is 16.0. The van der Waals surface area contributed by atoms with Crippen LogP contribution >= 0.6 is 15.9 Å². The average Bonchev–Trinajstić information content (AvgIpc) is 2.91. The second kappa shape index (κ2) is 7.19. The lowest BCUT2D eigenvalue weighted by Gasteiger charge is -2.13. The summed E-state index contributed by atoms with van der Waals surface area (Å²) in [7, 11) is 0. The molecule has 124 valence electrons. The molecular weight excluding hydrogens is 374 g/mol. The Labute approximate surface area is 155 Å². The van der Waals surface area contributed by atoms with Crippen molar-refractivity contribution in [2.75, 3.05) is 0 Å². The van der Waals surface area contributed by atoms with Gasteiger partial charge in [-0.15, -0.1) is 10.2 Å². The van der Waals surface area contributed by atoms with E-state index in [1.165, 1.54) is 0 Å². The number of benzene rings is 1. The van der Waals surface area contributed by atoms with Crippen molar-refractivity contribution in [3.63, 3.8) is 0 Å². The Morgan fingerprint density at radius 2 is 1.60 bits per heavy atom. The normalized spacial score (nSPS) is 16.5. The van der Waals surface area contributed by atoms with Gasteiger partial charge in [0.2, 0.25) is 0 Å². The van der Waals surface area contributed by atoms with Crippen LogP contribution in [0, 0.1) is 0 Å². The molecule has 3 nitrogen and oxygen atoms in total. The lowest BCUT2D eigenvalue weighted by Crippen LogP contribution is -2.05. The van der Waals surface area contributed by atoms with Gasteiger partial charge in [-0.1, -0.05) is 64.5 Å². The predicted octanol–water partition coefficient (Wildman–Crippen LogP) is 5.66. The minimum absolute atomic E-state index is 0.861. The van der Waals surface area contributed by atoms with E-state index in [-0.39, 0.29) is 0 Å². The standard InChI is InChI=1S/C21H18BrN3/c22-18-12-14-19(15-13-18)25-20(16-8-4-1-2-5-9-16)23-24-21(25)17-10-6-3-7-11-17/h1,4-6,8-15H,2-3,7H2. The summed E-state index contributed by atoms with van der Waals surface area (Å²) in [6.07, 6.45) is 20.2. The molecule has 0 fully saturated rings. The lowest BCUT2D eigenvalue weighted by molar-refractivity contribution is 0.987. The van der Waals surface area contributed by atoms with E-state index < -0.39 is 0 Å². The van der Waals surface area contributed by atoms with Crippen molar-refractivity contribution in [2.24, 2.45) is 0 Å². The van der Waals surface area contributed by atoms with Crippen LogP contribution in [0.3, 0.4) is 0 Å². The maximum atomic E-state index is 4.53. The molecule has 2 aliphatic carbocycles. The molecule has 0 N–H and O–H groups in total. The molecule has 2 aliphatic rings. The van der Waals surface area contributed by atoms with Crippen molar-refractivity contribution in [2.45, 2.75) is 19.3 Å². The minimum atomic E-state index is 0.861. The van der Waals surface area contributed by atoms with E-state index in [2.05, 4.69) is 91.4 Å². The largest absolute Gasteiger partial charge is 0.275 e. The number of rotatable bonds is 3. The summed E-state index contributed by atoms with van der Waals surface area (Å²) in [5.74, 6) is 1.75. The van der Waals surface area contributed by atoms with E-state index in [0.717, 1.165) is 52.2 Å². The molecule has 1 aromatic carbocycles. The molecule has 0 unspecified atom stereocenters. The Balaban J connectivity index is 1.90. The van der Waals surface area contributed by atoms with Crippen molar-refractivity contribution in [1.82, 2.24) is 14.8 Å². The topological polar surface area (TPSA) is 30.7 Å². The molecular formula is C21H18BrN3. The summed E-state index contributed by atoms with van der Waals surface area (Å²) < 4.78 is 3.20. The third kappa shape index (κ3) is 3.35. The van der Waals surface area contributed by atoms with Gasteiger partial charge in [-0.25, -0.2) is 0 Å². The number of allylic oxidation sites excluding steroid dienone is 10. The Kier molecular flexibility index (Phi) is 4.61. The number of halogens is 1. The number of hydrogen-bond acceptors (Lipinski definition) is 2. The monoisotopic (exact) mass is 391 g/mol. The Morgan fingerprint density at radius 1 is 0.840 bits per heavy atom. The highest BCUT2D eigenvalue weighted by Gasteiger charge is 2.18.